The van der Waals surface area contributed by atoms with Gasteiger partial charge < -0.3 is 10.1 Å². The molecule has 0 saturated carbocycles. The summed E-state index contributed by atoms with van der Waals surface area (Å²) in [6.45, 7) is -0.702. The lowest BCUT2D eigenvalue weighted by Crippen LogP contribution is -2.37. The Morgan fingerprint density at radius 2 is 1.89 bits per heavy atom. The molecular weight excluding hydrogens is 396 g/mol. The molecule has 1 aliphatic rings. The zero-order valence-corrected chi connectivity index (χ0v) is 15.5. The van der Waals surface area contributed by atoms with Crippen LogP contribution in [0.1, 0.15) is 20.7 Å². The highest BCUT2D eigenvalue weighted by Crippen LogP contribution is 2.29. The summed E-state index contributed by atoms with van der Waals surface area (Å²) in [5, 5.41) is 2.57. The van der Waals surface area contributed by atoms with Gasteiger partial charge in [-0.15, -0.1) is 0 Å². The van der Waals surface area contributed by atoms with E-state index in [9.17, 15) is 22.8 Å². The Kier molecular flexibility index (Phi) is 4.90. The summed E-state index contributed by atoms with van der Waals surface area (Å²) in [5.41, 5.74) is 0.255. The summed E-state index contributed by atoms with van der Waals surface area (Å²) in [4.78, 5) is 36.1. The highest BCUT2D eigenvalue weighted by molar-refractivity contribution is 7.90. The zero-order chi connectivity index (χ0) is 19.8. The van der Waals surface area contributed by atoms with Crippen LogP contribution in [0.5, 0.6) is 0 Å². The Balaban J connectivity index is 1.80. The van der Waals surface area contributed by atoms with Gasteiger partial charge in [0.1, 0.15) is 11.4 Å². The monoisotopic (exact) mass is 408 g/mol. The Bertz CT molecular complexity index is 1070. The predicted octanol–water partition coefficient (Wildman–Crippen LogP) is 1.91. The van der Waals surface area contributed by atoms with Gasteiger partial charge >= 0.3 is 5.97 Å². The van der Waals surface area contributed by atoms with Gasteiger partial charge in [0.05, 0.1) is 23.3 Å². The van der Waals surface area contributed by atoms with E-state index >= 15 is 0 Å². The molecule has 2 aromatic carbocycles. The molecule has 0 radical (unpaired) electrons. The molecule has 0 aromatic heterocycles. The molecule has 0 spiro atoms. The number of methoxy groups -OCH3 is 1. The van der Waals surface area contributed by atoms with Crippen LogP contribution >= 0.6 is 11.6 Å². The lowest BCUT2D eigenvalue weighted by atomic mass is 10.2. The van der Waals surface area contributed by atoms with E-state index in [4.69, 9.17) is 11.6 Å². The minimum Gasteiger partial charge on any atom is -0.465 e. The van der Waals surface area contributed by atoms with Crippen LogP contribution in [0.15, 0.2) is 47.4 Å². The average molecular weight is 409 g/mol. The third-order valence-corrected chi connectivity index (χ3v) is 5.97. The number of amides is 2. The largest absolute Gasteiger partial charge is 0.465 e. The van der Waals surface area contributed by atoms with Gasteiger partial charge in [-0.25, -0.2) is 17.5 Å². The molecule has 0 saturated heterocycles. The van der Waals surface area contributed by atoms with Crippen molar-refractivity contribution >= 4 is 45.1 Å². The number of esters is 1. The molecule has 0 aliphatic carbocycles. The van der Waals surface area contributed by atoms with Gasteiger partial charge in [0, 0.05) is 5.69 Å². The Labute approximate surface area is 159 Å². The molecular formula is C17H13ClN2O6S. The standard InChI is InChI=1S/C17H13ClN2O6S/c1-26-17(23)12-8-10(6-7-13(12)18)19-15(21)9-20-16(22)11-4-2-3-5-14(11)27(20,24)25/h2-8H,9H2,1H3,(H,19,21). The first-order chi connectivity index (χ1) is 12.8. The van der Waals surface area contributed by atoms with Gasteiger partial charge in [-0.3, -0.25) is 9.59 Å². The van der Waals surface area contributed by atoms with Crippen molar-refractivity contribution in [2.75, 3.05) is 19.0 Å². The number of sulfonamides is 1. The van der Waals surface area contributed by atoms with E-state index in [2.05, 4.69) is 10.1 Å². The van der Waals surface area contributed by atoms with Crippen molar-refractivity contribution < 1.29 is 27.5 Å². The number of fused-ring (bicyclic) bond motifs is 1. The molecule has 1 heterocycles. The lowest BCUT2D eigenvalue weighted by Gasteiger charge is -2.15. The molecule has 2 amide bonds. The van der Waals surface area contributed by atoms with Gasteiger partial charge in [-0.2, -0.15) is 0 Å². The first-order valence-corrected chi connectivity index (χ1v) is 9.41. The summed E-state index contributed by atoms with van der Waals surface area (Å²) in [5.74, 6) is -2.21. The van der Waals surface area contributed by atoms with E-state index in [1.165, 1.54) is 49.6 Å². The number of nitrogens with one attached hydrogen (secondary N) is 1. The maximum atomic E-state index is 12.5. The third kappa shape index (κ3) is 3.38. The van der Waals surface area contributed by atoms with Crippen molar-refractivity contribution in [1.29, 1.82) is 0 Å². The van der Waals surface area contributed by atoms with Crippen LogP contribution in [0.3, 0.4) is 0 Å². The fourth-order valence-corrected chi connectivity index (χ4v) is 4.31. The van der Waals surface area contributed by atoms with Crippen LogP contribution in [-0.2, 0) is 19.6 Å². The number of benzene rings is 2. The normalized spacial score (nSPS) is 14.6. The molecule has 8 nitrogen and oxygen atoms in total. The second-order valence-electron chi connectivity index (χ2n) is 5.55. The second-order valence-corrected chi connectivity index (χ2v) is 7.79. The van der Waals surface area contributed by atoms with Gasteiger partial charge in [0.25, 0.3) is 15.9 Å². The summed E-state index contributed by atoms with van der Waals surface area (Å²) >= 11 is 5.91. The number of ether oxygens (including phenoxy) is 1. The molecule has 0 fully saturated rings. The Morgan fingerprint density at radius 1 is 1.19 bits per heavy atom. The maximum absolute atomic E-state index is 12.5. The highest BCUT2D eigenvalue weighted by Gasteiger charge is 2.41. The van der Waals surface area contributed by atoms with Gasteiger partial charge in [-0.05, 0) is 30.3 Å². The molecule has 0 atom stereocenters. The van der Waals surface area contributed by atoms with Crippen molar-refractivity contribution in [3.05, 3.63) is 58.6 Å². The van der Waals surface area contributed by atoms with E-state index in [1.807, 2.05) is 0 Å². The molecule has 0 unspecified atom stereocenters. The minimum atomic E-state index is -4.09. The van der Waals surface area contributed by atoms with Crippen molar-refractivity contribution in [2.45, 2.75) is 4.90 Å². The average Bonchev–Trinajstić information content (AvgIpc) is 2.84. The van der Waals surface area contributed by atoms with E-state index < -0.39 is 34.4 Å². The van der Waals surface area contributed by atoms with Crippen LogP contribution in [0, 0.1) is 0 Å². The van der Waals surface area contributed by atoms with E-state index in [1.54, 1.807) is 0 Å². The number of nitrogens with zero attached hydrogens (tertiary/aromatic N) is 1. The van der Waals surface area contributed by atoms with Crippen molar-refractivity contribution in [3.63, 3.8) is 0 Å². The molecule has 140 valence electrons. The second kappa shape index (κ2) is 7.01. The summed E-state index contributed by atoms with van der Waals surface area (Å²) < 4.78 is 30.0. The van der Waals surface area contributed by atoms with Crippen LogP contribution in [0.25, 0.3) is 0 Å². The van der Waals surface area contributed by atoms with E-state index in [0.717, 1.165) is 0 Å². The number of anilines is 1. The number of rotatable bonds is 4. The molecule has 27 heavy (non-hydrogen) atoms. The van der Waals surface area contributed by atoms with Crippen molar-refractivity contribution in [2.24, 2.45) is 0 Å². The number of carbonyl (C=O) groups is 3. The summed E-state index contributed by atoms with van der Waals surface area (Å²) in [6.07, 6.45) is 0. The molecule has 0 bridgehead atoms. The van der Waals surface area contributed by atoms with Crippen LogP contribution < -0.4 is 5.32 Å². The van der Waals surface area contributed by atoms with Crippen LogP contribution in [0.4, 0.5) is 5.69 Å². The van der Waals surface area contributed by atoms with Gasteiger partial charge in [-0.1, -0.05) is 23.7 Å². The lowest BCUT2D eigenvalue weighted by molar-refractivity contribution is -0.116. The fourth-order valence-electron chi connectivity index (χ4n) is 2.59. The summed E-state index contributed by atoms with van der Waals surface area (Å²) in [7, 11) is -2.90. The molecule has 2 aromatic rings. The zero-order valence-electron chi connectivity index (χ0n) is 13.9. The van der Waals surface area contributed by atoms with E-state index in [0.29, 0.717) is 4.31 Å². The number of carbonyl (C=O) groups excluding carboxylic acids is 3. The van der Waals surface area contributed by atoms with Crippen LogP contribution in [-0.4, -0.2) is 44.2 Å². The SMILES string of the molecule is COC(=O)c1cc(NC(=O)CN2C(=O)c3ccccc3S2(=O)=O)ccc1Cl. The Morgan fingerprint density at radius 3 is 2.56 bits per heavy atom. The molecule has 1 N–H and O–H groups in total. The topological polar surface area (TPSA) is 110 Å². The third-order valence-electron chi connectivity index (χ3n) is 3.85. The van der Waals surface area contributed by atoms with Crippen molar-refractivity contribution in [3.8, 4) is 0 Å². The number of hydrogen-bond acceptors (Lipinski definition) is 6. The van der Waals surface area contributed by atoms with Gasteiger partial charge in [0.15, 0.2) is 0 Å². The molecule has 10 heteroatoms. The van der Waals surface area contributed by atoms with E-state index in [-0.39, 0.29) is 26.7 Å². The minimum absolute atomic E-state index is 0.0183. The Hall–Kier alpha value is -2.91. The summed E-state index contributed by atoms with van der Waals surface area (Å²) in [6, 6.07) is 9.84. The van der Waals surface area contributed by atoms with Crippen molar-refractivity contribution in [1.82, 2.24) is 4.31 Å². The first kappa shape index (κ1) is 18.9. The van der Waals surface area contributed by atoms with Crippen LogP contribution in [0.2, 0.25) is 5.02 Å². The molecule has 1 aliphatic heterocycles. The quantitative estimate of drug-likeness (QED) is 0.774. The van der Waals surface area contributed by atoms with Gasteiger partial charge in [0.2, 0.25) is 5.91 Å². The smallest absolute Gasteiger partial charge is 0.339 e. The fraction of sp³-hybridized carbons (Fsp3) is 0.118. The first-order valence-electron chi connectivity index (χ1n) is 7.59. The number of halogens is 1. The molecule has 3 rings (SSSR count). The highest BCUT2D eigenvalue weighted by atomic mass is 35.5. The maximum Gasteiger partial charge on any atom is 0.339 e. The predicted molar refractivity (Wildman–Crippen MR) is 96.1 cm³/mol. The number of hydrogen-bond donors (Lipinski definition) is 1.